The number of rotatable bonds is 1. The molecule has 1 spiro atoms. The molecule has 1 saturated heterocycles. The highest BCUT2D eigenvalue weighted by Crippen LogP contribution is 2.42. The minimum Gasteiger partial charge on any atom is -0.368 e. The third-order valence-electron chi connectivity index (χ3n) is 4.15. The summed E-state index contributed by atoms with van der Waals surface area (Å²) in [6, 6.07) is 7.73. The van der Waals surface area contributed by atoms with Crippen LogP contribution in [0.25, 0.3) is 0 Å². The molecule has 1 fully saturated rings. The zero-order valence-corrected chi connectivity index (χ0v) is 12.4. The Labute approximate surface area is 120 Å². The van der Waals surface area contributed by atoms with Crippen molar-refractivity contribution in [1.29, 1.82) is 0 Å². The fourth-order valence-corrected chi connectivity index (χ4v) is 4.11. The molecule has 5 nitrogen and oxygen atoms in total. The molecule has 0 saturated carbocycles. The van der Waals surface area contributed by atoms with Crippen LogP contribution in [0.5, 0.6) is 0 Å². The topological polar surface area (TPSA) is 58.6 Å². The average Bonchev–Trinajstić information content (AvgIpc) is 2.58. The van der Waals surface area contributed by atoms with Crippen LogP contribution in [0.3, 0.4) is 0 Å². The first kappa shape index (κ1) is 13.9. The largest absolute Gasteiger partial charge is 0.368 e. The maximum atomic E-state index is 12.0. The normalized spacial score (nSPS) is 22.4. The molecular formula is C14H20N2O3S. The third kappa shape index (κ3) is 2.32. The molecule has 1 N–H and O–H groups in total. The van der Waals surface area contributed by atoms with Gasteiger partial charge in [-0.25, -0.2) is 8.42 Å². The Morgan fingerprint density at radius 1 is 1.25 bits per heavy atom. The van der Waals surface area contributed by atoms with Crippen LogP contribution in [0.2, 0.25) is 0 Å². The number of anilines is 1. The first-order valence-electron chi connectivity index (χ1n) is 6.95. The Bertz CT molecular complexity index is 594. The molecule has 0 radical (unpaired) electrons. The van der Waals surface area contributed by atoms with Crippen molar-refractivity contribution in [3.8, 4) is 0 Å². The molecule has 1 aromatic rings. The Morgan fingerprint density at radius 3 is 2.65 bits per heavy atom. The van der Waals surface area contributed by atoms with Gasteiger partial charge in [0, 0.05) is 5.56 Å². The fraction of sp³-hybridized carbons (Fsp3) is 0.571. The lowest BCUT2D eigenvalue weighted by atomic mass is 9.84. The lowest BCUT2D eigenvalue weighted by Crippen LogP contribution is -2.41. The van der Waals surface area contributed by atoms with E-state index in [-0.39, 0.29) is 5.60 Å². The number of ether oxygens (including phenoxy) is 1. The SMILES string of the molecule is CS(=O)(=O)N1CCOC2(CCNCC2)c2ccccc21. The molecule has 0 unspecified atom stereocenters. The van der Waals surface area contributed by atoms with E-state index in [1.54, 1.807) is 0 Å². The highest BCUT2D eigenvalue weighted by molar-refractivity contribution is 7.92. The second-order valence-corrected chi connectivity index (χ2v) is 7.35. The van der Waals surface area contributed by atoms with Gasteiger partial charge in [0.1, 0.15) is 0 Å². The summed E-state index contributed by atoms with van der Waals surface area (Å²) in [7, 11) is -3.28. The second-order valence-electron chi connectivity index (χ2n) is 5.45. The molecule has 20 heavy (non-hydrogen) atoms. The molecule has 2 aliphatic heterocycles. The van der Waals surface area contributed by atoms with E-state index in [4.69, 9.17) is 4.74 Å². The predicted octanol–water partition coefficient (Wildman–Crippen LogP) is 1.06. The van der Waals surface area contributed by atoms with Crippen molar-refractivity contribution in [2.24, 2.45) is 0 Å². The standard InChI is InChI=1S/C14H20N2O3S/c1-20(17,18)16-10-11-19-14(6-8-15-9-7-14)12-4-2-3-5-13(12)16/h2-5,15H,6-11H2,1H3. The zero-order valence-electron chi connectivity index (χ0n) is 11.6. The van der Waals surface area contributed by atoms with E-state index in [0.717, 1.165) is 37.2 Å². The zero-order chi connectivity index (χ0) is 14.2. The van der Waals surface area contributed by atoms with Crippen molar-refractivity contribution in [1.82, 2.24) is 5.32 Å². The molecule has 6 heteroatoms. The summed E-state index contributed by atoms with van der Waals surface area (Å²) < 4.78 is 31.7. The summed E-state index contributed by atoms with van der Waals surface area (Å²) in [5, 5.41) is 3.34. The van der Waals surface area contributed by atoms with E-state index < -0.39 is 10.0 Å². The average molecular weight is 296 g/mol. The van der Waals surface area contributed by atoms with Crippen LogP contribution in [0.4, 0.5) is 5.69 Å². The number of nitrogens with one attached hydrogen (secondary N) is 1. The molecular weight excluding hydrogens is 276 g/mol. The summed E-state index contributed by atoms with van der Waals surface area (Å²) >= 11 is 0. The molecule has 0 bridgehead atoms. The molecule has 1 aromatic carbocycles. The molecule has 0 atom stereocenters. The van der Waals surface area contributed by atoms with Crippen LogP contribution < -0.4 is 9.62 Å². The molecule has 110 valence electrons. The Morgan fingerprint density at radius 2 is 1.95 bits per heavy atom. The summed E-state index contributed by atoms with van der Waals surface area (Å²) in [5.74, 6) is 0. The van der Waals surface area contributed by atoms with Crippen LogP contribution >= 0.6 is 0 Å². The van der Waals surface area contributed by atoms with Crippen molar-refractivity contribution >= 4 is 15.7 Å². The van der Waals surface area contributed by atoms with E-state index in [1.807, 2.05) is 24.3 Å². The summed E-state index contributed by atoms with van der Waals surface area (Å²) in [6.45, 7) is 2.60. The molecule has 2 heterocycles. The number of fused-ring (bicyclic) bond motifs is 2. The summed E-state index contributed by atoms with van der Waals surface area (Å²) in [5.41, 5.74) is 1.43. The van der Waals surface area contributed by atoms with Crippen LogP contribution in [-0.4, -0.2) is 40.9 Å². The van der Waals surface area contributed by atoms with Crippen molar-refractivity contribution in [2.45, 2.75) is 18.4 Å². The maximum Gasteiger partial charge on any atom is 0.232 e. The monoisotopic (exact) mass is 296 g/mol. The van der Waals surface area contributed by atoms with Gasteiger partial charge in [0.05, 0.1) is 30.7 Å². The van der Waals surface area contributed by atoms with Gasteiger partial charge in [-0.15, -0.1) is 0 Å². The predicted molar refractivity (Wildman–Crippen MR) is 78.4 cm³/mol. The number of para-hydroxylation sites is 1. The number of piperidine rings is 1. The summed E-state index contributed by atoms with van der Waals surface area (Å²) in [6.07, 6.45) is 3.01. The van der Waals surface area contributed by atoms with E-state index in [2.05, 4.69) is 5.32 Å². The highest BCUT2D eigenvalue weighted by Gasteiger charge is 2.40. The van der Waals surface area contributed by atoms with Gasteiger partial charge < -0.3 is 10.1 Å². The minimum absolute atomic E-state index is 0.346. The molecule has 3 rings (SSSR count). The van der Waals surface area contributed by atoms with Crippen molar-refractivity contribution in [3.05, 3.63) is 29.8 Å². The quantitative estimate of drug-likeness (QED) is 0.842. The fourth-order valence-electron chi connectivity index (χ4n) is 3.19. The van der Waals surface area contributed by atoms with Gasteiger partial charge in [0.25, 0.3) is 0 Å². The molecule has 0 aromatic heterocycles. The number of hydrogen-bond donors (Lipinski definition) is 1. The van der Waals surface area contributed by atoms with E-state index >= 15 is 0 Å². The van der Waals surface area contributed by atoms with Gasteiger partial charge in [0.15, 0.2) is 0 Å². The Balaban J connectivity index is 2.13. The van der Waals surface area contributed by atoms with E-state index in [9.17, 15) is 8.42 Å². The van der Waals surface area contributed by atoms with Gasteiger partial charge in [-0.2, -0.15) is 0 Å². The van der Waals surface area contributed by atoms with Crippen LogP contribution in [0, 0.1) is 0 Å². The number of sulfonamides is 1. The van der Waals surface area contributed by atoms with Gasteiger partial charge in [-0.05, 0) is 32.0 Å². The number of nitrogens with zero attached hydrogens (tertiary/aromatic N) is 1. The molecule has 0 amide bonds. The summed E-state index contributed by atoms with van der Waals surface area (Å²) in [4.78, 5) is 0. The van der Waals surface area contributed by atoms with Crippen LogP contribution in [0.1, 0.15) is 18.4 Å². The van der Waals surface area contributed by atoms with Gasteiger partial charge >= 0.3 is 0 Å². The van der Waals surface area contributed by atoms with Crippen LogP contribution in [0.15, 0.2) is 24.3 Å². The maximum absolute atomic E-state index is 12.0. The first-order valence-corrected chi connectivity index (χ1v) is 8.80. The number of hydrogen-bond acceptors (Lipinski definition) is 4. The van der Waals surface area contributed by atoms with Crippen molar-refractivity contribution in [3.63, 3.8) is 0 Å². The van der Waals surface area contributed by atoms with Crippen molar-refractivity contribution < 1.29 is 13.2 Å². The first-order chi connectivity index (χ1) is 9.53. The highest BCUT2D eigenvalue weighted by atomic mass is 32.2. The molecule has 2 aliphatic rings. The Hall–Kier alpha value is -1.11. The number of benzene rings is 1. The van der Waals surface area contributed by atoms with Crippen LogP contribution in [-0.2, 0) is 20.4 Å². The molecule has 0 aliphatic carbocycles. The second kappa shape index (κ2) is 5.02. The van der Waals surface area contributed by atoms with E-state index in [0.29, 0.717) is 13.2 Å². The van der Waals surface area contributed by atoms with Gasteiger partial charge in [-0.1, -0.05) is 18.2 Å². The lowest BCUT2D eigenvalue weighted by molar-refractivity contribution is -0.0640. The lowest BCUT2D eigenvalue weighted by Gasteiger charge is -2.37. The van der Waals surface area contributed by atoms with Gasteiger partial charge in [0.2, 0.25) is 10.0 Å². The van der Waals surface area contributed by atoms with Crippen molar-refractivity contribution in [2.75, 3.05) is 36.8 Å². The third-order valence-corrected chi connectivity index (χ3v) is 5.33. The van der Waals surface area contributed by atoms with Gasteiger partial charge in [-0.3, -0.25) is 4.31 Å². The Kier molecular flexibility index (Phi) is 3.48. The smallest absolute Gasteiger partial charge is 0.232 e. The van der Waals surface area contributed by atoms with E-state index in [1.165, 1.54) is 10.6 Å². The minimum atomic E-state index is -3.28.